The molecule has 39 heavy (non-hydrogen) atoms. The molecule has 0 bridgehead atoms. The summed E-state index contributed by atoms with van der Waals surface area (Å²) >= 11 is 12.3. The van der Waals surface area contributed by atoms with Crippen LogP contribution in [0.5, 0.6) is 11.5 Å². The van der Waals surface area contributed by atoms with Gasteiger partial charge in [-0.15, -0.1) is 0 Å². The molecule has 0 aliphatic carbocycles. The largest absolute Gasteiger partial charge is 0.493 e. The van der Waals surface area contributed by atoms with Crippen molar-refractivity contribution in [2.75, 3.05) is 17.9 Å². The van der Waals surface area contributed by atoms with Crippen LogP contribution in [-0.2, 0) is 23.0 Å². The van der Waals surface area contributed by atoms with E-state index in [1.165, 1.54) is 24.4 Å². The van der Waals surface area contributed by atoms with Crippen molar-refractivity contribution in [1.82, 2.24) is 14.5 Å². The molecule has 5 aromatic rings. The number of halogens is 3. The molecule has 0 fully saturated rings. The molecule has 2 heterocycles. The van der Waals surface area contributed by atoms with Gasteiger partial charge in [0, 0.05) is 36.5 Å². The number of nitrogens with zero attached hydrogens (tertiary/aromatic N) is 2. The van der Waals surface area contributed by atoms with Crippen molar-refractivity contribution < 1.29 is 22.3 Å². The topological polar surface area (TPSA) is 98.2 Å². The molecule has 0 amide bonds. The first kappa shape index (κ1) is 26.9. The predicted molar refractivity (Wildman–Crippen MR) is 149 cm³/mol. The third-order valence-electron chi connectivity index (χ3n) is 5.93. The van der Waals surface area contributed by atoms with E-state index in [4.69, 9.17) is 32.7 Å². The minimum absolute atomic E-state index is 0.190. The molecular formula is C27H23Cl2FN4O4S. The van der Waals surface area contributed by atoms with E-state index in [-0.39, 0.29) is 18.0 Å². The van der Waals surface area contributed by atoms with Crippen molar-refractivity contribution >= 4 is 49.8 Å². The van der Waals surface area contributed by atoms with E-state index in [0.717, 1.165) is 23.4 Å². The maximum atomic E-state index is 14.8. The number of fused-ring (bicyclic) bond motifs is 1. The summed E-state index contributed by atoms with van der Waals surface area (Å²) in [6.07, 6.45) is 7.40. The average Bonchev–Trinajstić information content (AvgIpc) is 3.57. The summed E-state index contributed by atoms with van der Waals surface area (Å²) in [6.45, 7) is 1.51. The van der Waals surface area contributed by atoms with Gasteiger partial charge >= 0.3 is 0 Å². The maximum absolute atomic E-state index is 14.8. The molecule has 0 spiro atoms. The summed E-state index contributed by atoms with van der Waals surface area (Å²) in [7, 11) is -4.25. The fraction of sp³-hybridized carbons (Fsp3) is 0.148. The predicted octanol–water partition coefficient (Wildman–Crippen LogP) is 6.31. The monoisotopic (exact) mass is 588 g/mol. The number of H-pyrrole nitrogens is 1. The number of hydrogen-bond donors (Lipinski definition) is 2. The van der Waals surface area contributed by atoms with Gasteiger partial charge in [-0.25, -0.2) is 17.8 Å². The van der Waals surface area contributed by atoms with Crippen LogP contribution in [0, 0.1) is 5.82 Å². The van der Waals surface area contributed by atoms with Crippen molar-refractivity contribution in [3.8, 4) is 11.5 Å². The van der Waals surface area contributed by atoms with Gasteiger partial charge in [-0.2, -0.15) is 0 Å². The van der Waals surface area contributed by atoms with Crippen LogP contribution in [0.2, 0.25) is 10.0 Å². The Morgan fingerprint density at radius 1 is 0.974 bits per heavy atom. The summed E-state index contributed by atoms with van der Waals surface area (Å²) in [5, 5.41) is 1.17. The van der Waals surface area contributed by atoms with E-state index in [2.05, 4.69) is 14.7 Å². The Kier molecular flexibility index (Phi) is 7.97. The molecule has 202 valence electrons. The lowest BCUT2D eigenvalue weighted by atomic mass is 10.1. The Morgan fingerprint density at radius 3 is 2.49 bits per heavy atom. The Morgan fingerprint density at radius 2 is 1.74 bits per heavy atom. The number of ether oxygens (including phenoxy) is 2. The van der Waals surface area contributed by atoms with Gasteiger partial charge in [0.15, 0.2) is 0 Å². The van der Waals surface area contributed by atoms with Crippen LogP contribution in [-0.4, -0.2) is 36.2 Å². The minimum Gasteiger partial charge on any atom is -0.493 e. The molecular weight excluding hydrogens is 566 g/mol. The minimum atomic E-state index is -4.25. The second-order valence-corrected chi connectivity index (χ2v) is 11.0. The smallest absolute Gasteiger partial charge is 0.264 e. The average molecular weight is 589 g/mol. The van der Waals surface area contributed by atoms with Crippen molar-refractivity contribution in [1.29, 1.82) is 0 Å². The number of sulfonamides is 1. The Labute approximate surface area is 234 Å². The highest BCUT2D eigenvalue weighted by Crippen LogP contribution is 2.35. The van der Waals surface area contributed by atoms with Crippen molar-refractivity contribution in [3.05, 3.63) is 101 Å². The van der Waals surface area contributed by atoms with Gasteiger partial charge in [0.25, 0.3) is 10.0 Å². The van der Waals surface area contributed by atoms with Crippen LogP contribution in [0.3, 0.4) is 0 Å². The molecule has 2 N–H and O–H groups in total. The van der Waals surface area contributed by atoms with Crippen LogP contribution in [0.25, 0.3) is 10.9 Å². The van der Waals surface area contributed by atoms with Gasteiger partial charge < -0.3 is 19.0 Å². The molecule has 0 radical (unpaired) electrons. The van der Waals surface area contributed by atoms with Gasteiger partial charge in [0.1, 0.15) is 28.8 Å². The second kappa shape index (κ2) is 11.6. The molecule has 0 saturated carbocycles. The Bertz CT molecular complexity index is 1690. The van der Waals surface area contributed by atoms with Gasteiger partial charge in [0.05, 0.1) is 40.7 Å². The zero-order valence-electron chi connectivity index (χ0n) is 20.4. The number of hydrogen-bond acceptors (Lipinski definition) is 5. The zero-order chi connectivity index (χ0) is 27.4. The van der Waals surface area contributed by atoms with Crippen molar-refractivity contribution in [2.24, 2.45) is 0 Å². The highest BCUT2D eigenvalue weighted by atomic mass is 35.5. The Balaban J connectivity index is 1.16. The second-order valence-electron chi connectivity index (χ2n) is 8.57. The van der Waals surface area contributed by atoms with Crippen LogP contribution >= 0.6 is 23.2 Å². The first-order chi connectivity index (χ1) is 18.8. The van der Waals surface area contributed by atoms with E-state index in [9.17, 15) is 12.8 Å². The van der Waals surface area contributed by atoms with Gasteiger partial charge in [-0.05, 0) is 42.0 Å². The van der Waals surface area contributed by atoms with Crippen LogP contribution < -0.4 is 14.2 Å². The van der Waals surface area contributed by atoms with Gasteiger partial charge in [-0.3, -0.25) is 4.72 Å². The number of anilines is 1. The number of benzene rings is 3. The summed E-state index contributed by atoms with van der Waals surface area (Å²) in [4.78, 5) is 6.36. The van der Waals surface area contributed by atoms with Crippen LogP contribution in [0.4, 0.5) is 10.1 Å². The van der Waals surface area contributed by atoms with Gasteiger partial charge in [-0.1, -0.05) is 35.3 Å². The lowest BCUT2D eigenvalue weighted by Gasteiger charge is -2.12. The molecule has 0 saturated heterocycles. The van der Waals surface area contributed by atoms with E-state index in [0.29, 0.717) is 40.5 Å². The fourth-order valence-corrected chi connectivity index (χ4v) is 5.66. The van der Waals surface area contributed by atoms with E-state index >= 15 is 0 Å². The van der Waals surface area contributed by atoms with Crippen molar-refractivity contribution in [3.63, 3.8) is 0 Å². The molecule has 8 nitrogen and oxygen atoms in total. The number of rotatable bonds is 11. The normalized spacial score (nSPS) is 11.6. The van der Waals surface area contributed by atoms with E-state index in [1.54, 1.807) is 12.5 Å². The summed E-state index contributed by atoms with van der Waals surface area (Å²) in [6, 6.07) is 14.2. The first-order valence-corrected chi connectivity index (χ1v) is 14.1. The molecule has 0 unspecified atom stereocenters. The molecule has 5 rings (SSSR count). The lowest BCUT2D eigenvalue weighted by molar-refractivity contribution is 0.298. The summed E-state index contributed by atoms with van der Waals surface area (Å²) in [5.41, 5.74) is 1.60. The van der Waals surface area contributed by atoms with E-state index in [1.807, 2.05) is 35.0 Å². The van der Waals surface area contributed by atoms with E-state index < -0.39 is 20.7 Å². The summed E-state index contributed by atoms with van der Waals surface area (Å²) < 4.78 is 56.4. The third-order valence-corrected chi connectivity index (χ3v) is 7.95. The molecule has 0 aliphatic heterocycles. The van der Waals surface area contributed by atoms with Crippen LogP contribution in [0.1, 0.15) is 5.56 Å². The first-order valence-electron chi connectivity index (χ1n) is 11.9. The number of aromatic nitrogens is 3. The number of aromatic amines is 1. The fourth-order valence-electron chi connectivity index (χ4n) is 3.97. The zero-order valence-corrected chi connectivity index (χ0v) is 22.7. The number of nitrogens with one attached hydrogen (secondary N) is 2. The maximum Gasteiger partial charge on any atom is 0.264 e. The molecule has 0 aliphatic rings. The highest BCUT2D eigenvalue weighted by molar-refractivity contribution is 7.92. The highest BCUT2D eigenvalue weighted by Gasteiger charge is 2.22. The van der Waals surface area contributed by atoms with Crippen LogP contribution in [0.15, 0.2) is 84.4 Å². The molecule has 3 aromatic carbocycles. The lowest BCUT2D eigenvalue weighted by Crippen LogP contribution is -2.15. The van der Waals surface area contributed by atoms with Crippen molar-refractivity contribution in [2.45, 2.75) is 17.9 Å². The SMILES string of the molecule is O=S(=O)(Nc1ccc(Cl)c2c(Cl)c[nH]c12)c1ccc(OCCc2ccc(OCCn3ccnc3)cc2)cc1F. The molecule has 0 atom stereocenters. The summed E-state index contributed by atoms with van der Waals surface area (Å²) in [5.74, 6) is 0.0359. The Hall–Kier alpha value is -3.73. The standard InChI is InChI=1S/C27H23Cl2FN4O4S/c28-21-6-7-24(27-26(21)22(29)16-32-27)33-39(35,36)25-8-5-20(15-23(25)30)37-13-9-18-1-3-19(4-2-18)38-14-12-34-11-10-31-17-34/h1-8,10-11,15-17,32-33H,9,12-14H2. The molecule has 12 heteroatoms. The quantitative estimate of drug-likeness (QED) is 0.188. The van der Waals surface area contributed by atoms with Gasteiger partial charge in [0.2, 0.25) is 0 Å². The number of imidazole rings is 1. The third kappa shape index (κ3) is 6.30. The molecule has 2 aromatic heterocycles.